The van der Waals surface area contributed by atoms with E-state index in [1.807, 2.05) is 6.07 Å². The van der Waals surface area contributed by atoms with Crippen LogP contribution in [0, 0.1) is 11.3 Å². The summed E-state index contributed by atoms with van der Waals surface area (Å²) in [6, 6.07) is 10.3. The maximum absolute atomic E-state index is 12.7. The highest BCUT2D eigenvalue weighted by Crippen LogP contribution is 2.32. The number of hydrogen-bond donors (Lipinski definition) is 0. The van der Waals surface area contributed by atoms with E-state index in [0.717, 1.165) is 11.1 Å². The van der Waals surface area contributed by atoms with Crippen LogP contribution in [0.2, 0.25) is 5.02 Å². The van der Waals surface area contributed by atoms with E-state index in [0.29, 0.717) is 22.6 Å². The Kier molecular flexibility index (Phi) is 5.34. The first-order valence-electron chi connectivity index (χ1n) is 7.46. The summed E-state index contributed by atoms with van der Waals surface area (Å²) in [5.74, 6) is -0.103. The number of rotatable bonds is 5. The SMILES string of the molecule is N#Cc1ncc(Cc2cnc(OC(F)F)c(-c3cccc(Cl)c3)c2)cn1. The molecule has 0 bridgehead atoms. The minimum atomic E-state index is -2.99. The predicted molar refractivity (Wildman–Crippen MR) is 90.9 cm³/mol. The van der Waals surface area contributed by atoms with Gasteiger partial charge in [-0.05, 0) is 34.9 Å². The zero-order chi connectivity index (χ0) is 18.5. The molecule has 130 valence electrons. The molecule has 0 aliphatic carbocycles. The van der Waals surface area contributed by atoms with E-state index < -0.39 is 6.61 Å². The van der Waals surface area contributed by atoms with E-state index in [-0.39, 0.29) is 11.7 Å². The Bertz CT molecular complexity index is 958. The first-order valence-corrected chi connectivity index (χ1v) is 7.83. The minimum absolute atomic E-state index is 0.0761. The van der Waals surface area contributed by atoms with Gasteiger partial charge in [0.2, 0.25) is 11.7 Å². The van der Waals surface area contributed by atoms with E-state index in [1.165, 1.54) is 18.6 Å². The smallest absolute Gasteiger partial charge is 0.388 e. The quantitative estimate of drug-likeness (QED) is 0.669. The van der Waals surface area contributed by atoms with Gasteiger partial charge in [-0.25, -0.2) is 15.0 Å². The number of aromatic nitrogens is 3. The van der Waals surface area contributed by atoms with Crippen molar-refractivity contribution in [2.45, 2.75) is 13.0 Å². The second-order valence-electron chi connectivity index (χ2n) is 5.29. The van der Waals surface area contributed by atoms with Crippen LogP contribution in [0.25, 0.3) is 11.1 Å². The molecule has 0 atom stereocenters. The van der Waals surface area contributed by atoms with E-state index in [1.54, 1.807) is 30.3 Å². The molecule has 26 heavy (non-hydrogen) atoms. The highest BCUT2D eigenvalue weighted by Gasteiger charge is 2.14. The molecule has 1 aromatic carbocycles. The molecule has 0 fully saturated rings. The van der Waals surface area contributed by atoms with Crippen molar-refractivity contribution in [1.82, 2.24) is 15.0 Å². The fourth-order valence-electron chi connectivity index (χ4n) is 2.37. The number of nitriles is 1. The molecule has 0 aliphatic rings. The maximum Gasteiger partial charge on any atom is 0.388 e. The van der Waals surface area contributed by atoms with Gasteiger partial charge in [0.25, 0.3) is 0 Å². The molecule has 0 unspecified atom stereocenters. The largest absolute Gasteiger partial charge is 0.416 e. The fourth-order valence-corrected chi connectivity index (χ4v) is 2.56. The molecule has 3 rings (SSSR count). The van der Waals surface area contributed by atoms with Crippen LogP contribution in [-0.4, -0.2) is 21.6 Å². The molecule has 0 amide bonds. The zero-order valence-corrected chi connectivity index (χ0v) is 14.0. The maximum atomic E-state index is 12.7. The fraction of sp³-hybridized carbons (Fsp3) is 0.111. The molecule has 0 saturated carbocycles. The van der Waals surface area contributed by atoms with Gasteiger partial charge in [-0.2, -0.15) is 14.0 Å². The Balaban J connectivity index is 1.97. The average molecular weight is 373 g/mol. The molecule has 8 heteroatoms. The van der Waals surface area contributed by atoms with Crippen molar-refractivity contribution >= 4 is 11.6 Å². The van der Waals surface area contributed by atoms with Gasteiger partial charge < -0.3 is 4.74 Å². The van der Waals surface area contributed by atoms with Crippen molar-refractivity contribution < 1.29 is 13.5 Å². The Morgan fingerprint density at radius 2 is 1.81 bits per heavy atom. The van der Waals surface area contributed by atoms with Crippen LogP contribution in [0.5, 0.6) is 5.88 Å². The second-order valence-corrected chi connectivity index (χ2v) is 5.73. The summed E-state index contributed by atoms with van der Waals surface area (Å²) < 4.78 is 29.9. The topological polar surface area (TPSA) is 71.7 Å². The summed E-state index contributed by atoms with van der Waals surface area (Å²) in [7, 11) is 0. The van der Waals surface area contributed by atoms with E-state index in [9.17, 15) is 8.78 Å². The van der Waals surface area contributed by atoms with Crippen LogP contribution < -0.4 is 4.74 Å². The number of pyridine rings is 1. The van der Waals surface area contributed by atoms with Gasteiger partial charge >= 0.3 is 6.61 Å². The summed E-state index contributed by atoms with van der Waals surface area (Å²) >= 11 is 6.00. The minimum Gasteiger partial charge on any atom is -0.416 e. The third kappa shape index (κ3) is 4.29. The van der Waals surface area contributed by atoms with E-state index in [2.05, 4.69) is 19.7 Å². The van der Waals surface area contributed by atoms with Crippen molar-refractivity contribution in [3.63, 3.8) is 0 Å². The average Bonchev–Trinajstić information content (AvgIpc) is 2.63. The molecule has 0 spiro atoms. The summed E-state index contributed by atoms with van der Waals surface area (Å²) in [5.41, 5.74) is 2.51. The molecule has 3 aromatic rings. The lowest BCUT2D eigenvalue weighted by Crippen LogP contribution is -2.06. The van der Waals surface area contributed by atoms with Crippen molar-refractivity contribution in [2.24, 2.45) is 0 Å². The standard InChI is InChI=1S/C18H11ClF2N4O/c19-14-3-1-2-13(6-14)15-5-11(8-25-17(15)26-18(20)21)4-12-9-23-16(7-22)24-10-12/h1-3,5-6,8-10,18H,4H2. The van der Waals surface area contributed by atoms with Gasteiger partial charge in [0, 0.05) is 35.6 Å². The summed E-state index contributed by atoms with van der Waals surface area (Å²) in [6.45, 7) is -2.99. The van der Waals surface area contributed by atoms with Gasteiger partial charge in [0.05, 0.1) is 0 Å². The summed E-state index contributed by atoms with van der Waals surface area (Å²) in [6.07, 6.45) is 4.94. The predicted octanol–water partition coefficient (Wildman–Crippen LogP) is 4.26. The van der Waals surface area contributed by atoms with Crippen LogP contribution in [0.1, 0.15) is 17.0 Å². The number of benzene rings is 1. The van der Waals surface area contributed by atoms with Gasteiger partial charge in [-0.15, -0.1) is 0 Å². The van der Waals surface area contributed by atoms with Crippen molar-refractivity contribution in [3.05, 3.63) is 70.9 Å². The first-order chi connectivity index (χ1) is 12.5. The molecule has 2 heterocycles. The lowest BCUT2D eigenvalue weighted by Gasteiger charge is -2.12. The summed E-state index contributed by atoms with van der Waals surface area (Å²) in [5, 5.41) is 9.20. The van der Waals surface area contributed by atoms with Gasteiger partial charge in [-0.1, -0.05) is 23.7 Å². The van der Waals surface area contributed by atoms with Crippen molar-refractivity contribution in [1.29, 1.82) is 5.26 Å². The van der Waals surface area contributed by atoms with Crippen LogP contribution in [0.3, 0.4) is 0 Å². The number of ether oxygens (including phenoxy) is 1. The van der Waals surface area contributed by atoms with E-state index >= 15 is 0 Å². The Labute approximate surface area is 152 Å². The lowest BCUT2D eigenvalue weighted by molar-refractivity contribution is -0.0524. The third-order valence-electron chi connectivity index (χ3n) is 3.46. The molecule has 5 nitrogen and oxygen atoms in total. The number of hydrogen-bond acceptors (Lipinski definition) is 5. The van der Waals surface area contributed by atoms with Crippen LogP contribution in [-0.2, 0) is 6.42 Å². The zero-order valence-electron chi connectivity index (χ0n) is 13.2. The molecular weight excluding hydrogens is 362 g/mol. The highest BCUT2D eigenvalue weighted by molar-refractivity contribution is 6.30. The third-order valence-corrected chi connectivity index (χ3v) is 3.69. The van der Waals surface area contributed by atoms with E-state index in [4.69, 9.17) is 16.9 Å². The Morgan fingerprint density at radius 1 is 1.08 bits per heavy atom. The normalized spacial score (nSPS) is 10.6. The van der Waals surface area contributed by atoms with Crippen molar-refractivity contribution in [3.8, 4) is 23.1 Å². The lowest BCUT2D eigenvalue weighted by atomic mass is 10.0. The van der Waals surface area contributed by atoms with Crippen LogP contribution >= 0.6 is 11.6 Å². The molecule has 0 saturated heterocycles. The second kappa shape index (κ2) is 7.85. The number of nitrogens with zero attached hydrogens (tertiary/aromatic N) is 4. The molecule has 2 aromatic heterocycles. The molecule has 0 aliphatic heterocycles. The Morgan fingerprint density at radius 3 is 2.46 bits per heavy atom. The summed E-state index contributed by atoms with van der Waals surface area (Å²) in [4.78, 5) is 11.8. The first kappa shape index (κ1) is 17.7. The molecule has 0 radical (unpaired) electrons. The molecular formula is C18H11ClF2N4O. The van der Waals surface area contributed by atoms with Gasteiger partial charge in [0.15, 0.2) is 0 Å². The molecule has 0 N–H and O–H groups in total. The van der Waals surface area contributed by atoms with Crippen molar-refractivity contribution in [2.75, 3.05) is 0 Å². The Hall–Kier alpha value is -3.11. The number of halogens is 3. The van der Waals surface area contributed by atoms with Gasteiger partial charge in [-0.3, -0.25) is 0 Å². The van der Waals surface area contributed by atoms with Crippen LogP contribution in [0.15, 0.2) is 48.9 Å². The van der Waals surface area contributed by atoms with Gasteiger partial charge in [0.1, 0.15) is 6.07 Å². The number of alkyl halides is 2. The van der Waals surface area contributed by atoms with Crippen LogP contribution in [0.4, 0.5) is 8.78 Å². The monoisotopic (exact) mass is 372 g/mol. The highest BCUT2D eigenvalue weighted by atomic mass is 35.5.